The number of aliphatic hydroxyl groups excluding tert-OH is 14. The van der Waals surface area contributed by atoms with Gasteiger partial charge in [-0.2, -0.15) is 0 Å². The largest absolute Gasteiger partial charge is 0.481 e. The third-order valence-electron chi connectivity index (χ3n) is 15.0. The molecule has 4 saturated heterocycles. The van der Waals surface area contributed by atoms with Crippen LogP contribution in [0.15, 0.2) is 12.2 Å². The van der Waals surface area contributed by atoms with E-state index in [-0.39, 0.29) is 38.0 Å². The second kappa shape index (κ2) is 25.0. The number of esters is 2. The van der Waals surface area contributed by atoms with E-state index in [4.69, 9.17) is 47.7 Å². The predicted molar refractivity (Wildman–Crippen MR) is 230 cm³/mol. The molecule has 0 aromatic carbocycles. The zero-order valence-corrected chi connectivity index (χ0v) is 39.0. The Morgan fingerprint density at radius 1 is 0.528 bits per heavy atom. The first-order valence-corrected chi connectivity index (χ1v) is 24.4. The van der Waals surface area contributed by atoms with Gasteiger partial charge in [0, 0.05) is 18.4 Å². The van der Waals surface area contributed by atoms with Crippen molar-refractivity contribution >= 4 is 17.9 Å². The van der Waals surface area contributed by atoms with Gasteiger partial charge in [0.25, 0.3) is 0 Å². The molecule has 0 aromatic heterocycles. The molecule has 0 amide bonds. The summed E-state index contributed by atoms with van der Waals surface area (Å²) in [5.41, 5.74) is 0. The van der Waals surface area contributed by atoms with Crippen molar-refractivity contribution < 1.29 is 134 Å². The molecule has 0 bridgehead atoms. The average Bonchev–Trinajstić information content (AvgIpc) is 3.34. The zero-order chi connectivity index (χ0) is 52.3. The Hall–Kier alpha value is -2.69. The SMILES string of the molecule is O=C(O)CC(=O)OCC1OC(OC2CC(O)CC3OC(C4CC(O)C(O)C(O)C4)C(OC4OC(COC(=O)C=CC5CCC(OC6OC(CO)C(O)C(O)C6O)CC5)C(O)C(O)C4O)CC23)C(O)C(O)C1O. The lowest BCUT2D eigenvalue weighted by Crippen LogP contribution is -2.63. The summed E-state index contributed by atoms with van der Waals surface area (Å²) in [4.78, 5) is 35.8. The number of ether oxygens (including phenoxy) is 9. The third-order valence-corrected chi connectivity index (χ3v) is 15.0. The first kappa shape index (κ1) is 57.0. The van der Waals surface area contributed by atoms with Gasteiger partial charge in [0.15, 0.2) is 18.9 Å². The summed E-state index contributed by atoms with van der Waals surface area (Å²) < 4.78 is 52.3. The maximum Gasteiger partial charge on any atom is 0.330 e. The predicted octanol–water partition coefficient (Wildman–Crippen LogP) is -6.71. The van der Waals surface area contributed by atoms with Gasteiger partial charge < -0.3 is 119 Å². The van der Waals surface area contributed by atoms with E-state index < -0.39 is 203 Å². The number of fused-ring (bicyclic) bond motifs is 1. The van der Waals surface area contributed by atoms with Gasteiger partial charge in [0.1, 0.15) is 99.0 Å². The van der Waals surface area contributed by atoms with Crippen molar-refractivity contribution in [3.05, 3.63) is 12.2 Å². The molecule has 27 heteroatoms. The summed E-state index contributed by atoms with van der Waals surface area (Å²) in [5, 5.41) is 157. The van der Waals surface area contributed by atoms with E-state index in [0.717, 1.165) is 0 Å². The second-order valence-corrected chi connectivity index (χ2v) is 20.0. The standard InChI is InChI=1S/C45H70O27/c46-13-26-33(55)36(58)39(61)43(70-26)66-19-4-1-16(2-5-19)3-6-30(52)64-14-27-34(56)38(60)41(63)45(72-27)69-25-11-20-23(67-42(25)17-7-21(48)32(54)22(49)8-17)9-18(47)10-24(20)68-44-40(62)37(59)35(57)28(71-44)15-65-31(53)12-29(50)51/h3,6,16-28,32-49,54-63H,1-2,4-5,7-15H2,(H,50,51). The van der Waals surface area contributed by atoms with E-state index in [9.17, 15) is 85.9 Å². The normalized spacial score (nSPS) is 48.1. The minimum atomic E-state index is -1.91. The van der Waals surface area contributed by atoms with E-state index in [2.05, 4.69) is 0 Å². The van der Waals surface area contributed by atoms with Crippen molar-refractivity contribution in [2.45, 2.75) is 211 Å². The fraction of sp³-hybridized carbons (Fsp3) is 0.889. The van der Waals surface area contributed by atoms with Gasteiger partial charge in [-0.05, 0) is 63.2 Å². The van der Waals surface area contributed by atoms with Crippen molar-refractivity contribution in [1.82, 2.24) is 0 Å². The van der Waals surface area contributed by atoms with Crippen molar-refractivity contribution in [3.8, 4) is 0 Å². The summed E-state index contributed by atoms with van der Waals surface area (Å²) in [7, 11) is 0. The van der Waals surface area contributed by atoms with Gasteiger partial charge in [-0.3, -0.25) is 9.59 Å². The number of aliphatic carboxylic acids is 1. The summed E-state index contributed by atoms with van der Waals surface area (Å²) in [6.45, 7) is -1.96. The summed E-state index contributed by atoms with van der Waals surface area (Å²) >= 11 is 0. The minimum absolute atomic E-state index is 0.0301. The maximum atomic E-state index is 12.9. The molecule has 0 aromatic rings. The number of carboxylic acids is 1. The Kier molecular flexibility index (Phi) is 19.8. The van der Waals surface area contributed by atoms with Crippen molar-refractivity contribution in [2.75, 3.05) is 19.8 Å². The monoisotopic (exact) mass is 1040 g/mol. The molecule has 7 fully saturated rings. The number of carbonyl (C=O) groups excluding carboxylic acids is 2. The van der Waals surface area contributed by atoms with E-state index >= 15 is 0 Å². The lowest BCUT2D eigenvalue weighted by molar-refractivity contribution is -0.345. The molecule has 72 heavy (non-hydrogen) atoms. The molecule has 3 aliphatic carbocycles. The number of hydrogen-bond donors (Lipinski definition) is 15. The van der Waals surface area contributed by atoms with Crippen LogP contribution in [-0.2, 0) is 57.0 Å². The van der Waals surface area contributed by atoms with Crippen LogP contribution in [0.4, 0.5) is 0 Å². The Morgan fingerprint density at radius 3 is 1.60 bits per heavy atom. The van der Waals surface area contributed by atoms with Crippen molar-refractivity contribution in [3.63, 3.8) is 0 Å². The Balaban J connectivity index is 0.988. The van der Waals surface area contributed by atoms with Crippen molar-refractivity contribution in [2.24, 2.45) is 17.8 Å². The number of carbonyl (C=O) groups is 3. The molecule has 4 heterocycles. The van der Waals surface area contributed by atoms with Gasteiger partial charge in [0.05, 0.1) is 55.4 Å². The van der Waals surface area contributed by atoms with Crippen molar-refractivity contribution in [1.29, 1.82) is 0 Å². The lowest BCUT2D eigenvalue weighted by atomic mass is 9.72. The first-order chi connectivity index (χ1) is 34.1. The van der Waals surface area contributed by atoms with Gasteiger partial charge >= 0.3 is 17.9 Å². The molecule has 27 nitrogen and oxygen atoms in total. The molecule has 7 aliphatic rings. The quantitative estimate of drug-likeness (QED) is 0.0388. The van der Waals surface area contributed by atoms with Crippen LogP contribution in [0.5, 0.6) is 0 Å². The molecule has 23 atom stereocenters. The van der Waals surface area contributed by atoms with E-state index in [1.807, 2.05) is 0 Å². The third kappa shape index (κ3) is 13.5. The van der Waals surface area contributed by atoms with E-state index in [1.54, 1.807) is 6.08 Å². The van der Waals surface area contributed by atoms with Crippen LogP contribution in [0.2, 0.25) is 0 Å². The number of rotatable bonds is 16. The molecule has 15 N–H and O–H groups in total. The van der Waals surface area contributed by atoms with Gasteiger partial charge in [-0.1, -0.05) is 6.08 Å². The molecule has 412 valence electrons. The maximum absolute atomic E-state index is 12.9. The molecule has 0 radical (unpaired) electrons. The van der Waals surface area contributed by atoms with Crippen LogP contribution in [0.3, 0.4) is 0 Å². The van der Waals surface area contributed by atoms with Gasteiger partial charge in [-0.25, -0.2) is 4.79 Å². The molecular weight excluding hydrogens is 972 g/mol. The highest BCUT2D eigenvalue weighted by atomic mass is 16.7. The first-order valence-electron chi connectivity index (χ1n) is 24.4. The molecule has 3 saturated carbocycles. The smallest absolute Gasteiger partial charge is 0.330 e. The second-order valence-electron chi connectivity index (χ2n) is 20.0. The van der Waals surface area contributed by atoms with Crippen LogP contribution in [0, 0.1) is 17.8 Å². The highest BCUT2D eigenvalue weighted by Crippen LogP contribution is 2.45. The number of allylic oxidation sites excluding steroid dienone is 1. The van der Waals surface area contributed by atoms with E-state index in [1.165, 1.54) is 6.08 Å². The number of hydrogen-bond acceptors (Lipinski definition) is 26. The van der Waals surface area contributed by atoms with Crippen LogP contribution < -0.4 is 0 Å². The Labute approximate surface area is 411 Å². The minimum Gasteiger partial charge on any atom is -0.481 e. The Bertz CT molecular complexity index is 1790. The van der Waals surface area contributed by atoms with E-state index in [0.29, 0.717) is 25.7 Å². The fourth-order valence-electron chi connectivity index (χ4n) is 10.8. The fourth-order valence-corrected chi connectivity index (χ4v) is 10.8. The van der Waals surface area contributed by atoms with Crippen LogP contribution in [0.25, 0.3) is 0 Å². The molecule has 0 spiro atoms. The zero-order valence-electron chi connectivity index (χ0n) is 39.0. The van der Waals surface area contributed by atoms with Crippen LogP contribution >= 0.6 is 0 Å². The van der Waals surface area contributed by atoms with Gasteiger partial charge in [-0.15, -0.1) is 0 Å². The summed E-state index contributed by atoms with van der Waals surface area (Å²) in [5.74, 6) is -5.07. The highest BCUT2D eigenvalue weighted by Gasteiger charge is 2.55. The highest BCUT2D eigenvalue weighted by molar-refractivity contribution is 5.90. The van der Waals surface area contributed by atoms with Crippen LogP contribution in [-0.4, -0.2) is 261 Å². The lowest BCUT2D eigenvalue weighted by Gasteiger charge is -2.52. The van der Waals surface area contributed by atoms with Gasteiger partial charge in [0.2, 0.25) is 0 Å². The number of aliphatic hydroxyl groups is 14. The molecule has 4 aliphatic heterocycles. The topological polar surface area (TPSA) is 438 Å². The van der Waals surface area contributed by atoms with Crippen LogP contribution in [0.1, 0.15) is 64.2 Å². The summed E-state index contributed by atoms with van der Waals surface area (Å²) in [6, 6.07) is 0. The number of carboxylic acid groups (broad SMARTS) is 1. The summed E-state index contributed by atoms with van der Waals surface area (Å²) in [6.07, 6.45) is -31.1. The molecule has 23 unspecified atom stereocenters. The average molecular weight is 1040 g/mol. The molecular formula is C45H70O27. The Morgan fingerprint density at radius 2 is 1.04 bits per heavy atom. The molecule has 7 rings (SSSR count).